The van der Waals surface area contributed by atoms with Crippen LogP contribution < -0.4 is 5.32 Å². The Morgan fingerprint density at radius 1 is 0.515 bits per heavy atom. The molecule has 0 bridgehead atoms. The minimum atomic E-state index is -1.55. The van der Waals surface area contributed by atoms with Crippen molar-refractivity contribution >= 4 is 5.91 Å². The largest absolute Gasteiger partial charge is 0.394 e. The predicted octanol–water partition coefficient (Wildman–Crippen LogP) is 13.6. The Hall–Kier alpha value is -1.59. The van der Waals surface area contributed by atoms with Gasteiger partial charge in [-0.15, -0.1) is 0 Å². The molecule has 7 unspecified atom stereocenters. The lowest BCUT2D eigenvalue weighted by Crippen LogP contribution is -2.60. The molecule has 388 valence electrons. The van der Waals surface area contributed by atoms with Gasteiger partial charge in [-0.3, -0.25) is 4.79 Å². The van der Waals surface area contributed by atoms with Gasteiger partial charge in [-0.05, 0) is 51.4 Å². The molecule has 0 aromatic carbocycles. The number of ether oxygens (including phenoxy) is 2. The van der Waals surface area contributed by atoms with E-state index < -0.39 is 49.5 Å². The standard InChI is InChI=1S/C57H107NO8/c1-3-5-7-9-11-13-15-17-18-19-20-21-22-23-24-25-26-27-28-29-30-31-32-33-34-35-37-39-41-43-45-47-53(61)58-50(49-65-57-56(64)55(63)54(62)52(48-59)66-57)51(60)46-44-42-40-38-36-16-14-12-10-8-6-4-2/h15,17,19-20,22-23,50-52,54-57,59-60,62-64H,3-14,16,18,21,24-49H2,1-2H3,(H,58,61)/b17-15-,20-19-,23-22-. The van der Waals surface area contributed by atoms with E-state index in [-0.39, 0.29) is 12.5 Å². The number of hydrogen-bond acceptors (Lipinski definition) is 8. The van der Waals surface area contributed by atoms with Gasteiger partial charge < -0.3 is 40.3 Å². The minimum absolute atomic E-state index is 0.136. The molecule has 0 spiro atoms. The van der Waals surface area contributed by atoms with Crippen molar-refractivity contribution in [2.45, 2.75) is 307 Å². The Kier molecular flexibility index (Phi) is 44.6. The Balaban J connectivity index is 2.12. The third kappa shape index (κ3) is 36.4. The van der Waals surface area contributed by atoms with E-state index in [4.69, 9.17) is 9.47 Å². The molecule has 1 amide bonds. The molecule has 9 nitrogen and oxygen atoms in total. The van der Waals surface area contributed by atoms with Crippen LogP contribution in [0.1, 0.15) is 264 Å². The van der Waals surface area contributed by atoms with Crippen molar-refractivity contribution in [1.82, 2.24) is 5.32 Å². The fourth-order valence-electron chi connectivity index (χ4n) is 8.99. The predicted molar refractivity (Wildman–Crippen MR) is 276 cm³/mol. The number of allylic oxidation sites excluding steroid dienone is 6. The van der Waals surface area contributed by atoms with Crippen LogP contribution in [0.25, 0.3) is 0 Å². The van der Waals surface area contributed by atoms with Crippen molar-refractivity contribution in [3.8, 4) is 0 Å². The highest BCUT2D eigenvalue weighted by atomic mass is 16.7. The number of rotatable bonds is 48. The SMILES string of the molecule is CCCCCCC/C=C\C/C=C\C/C=C\CCCCCCCCCCCCCCCCCCC(=O)NC(COC1OC(CO)C(O)C(O)C1O)C(O)CCCCCCCCCCCCCC. The van der Waals surface area contributed by atoms with E-state index in [1.165, 1.54) is 186 Å². The Morgan fingerprint density at radius 3 is 1.32 bits per heavy atom. The van der Waals surface area contributed by atoms with Gasteiger partial charge in [-0.2, -0.15) is 0 Å². The lowest BCUT2D eigenvalue weighted by atomic mass is 9.99. The summed E-state index contributed by atoms with van der Waals surface area (Å²) in [5.74, 6) is -0.143. The van der Waals surface area contributed by atoms with Crippen molar-refractivity contribution in [2.75, 3.05) is 13.2 Å². The first-order valence-electron chi connectivity index (χ1n) is 28.2. The van der Waals surface area contributed by atoms with Crippen molar-refractivity contribution in [3.05, 3.63) is 36.5 Å². The number of aliphatic hydroxyl groups is 5. The van der Waals surface area contributed by atoms with E-state index in [9.17, 15) is 30.3 Å². The van der Waals surface area contributed by atoms with Crippen molar-refractivity contribution in [1.29, 1.82) is 0 Å². The quantitative estimate of drug-likeness (QED) is 0.0261. The fraction of sp³-hybridized carbons (Fsp3) is 0.877. The maximum atomic E-state index is 13.0. The minimum Gasteiger partial charge on any atom is -0.394 e. The highest BCUT2D eigenvalue weighted by Gasteiger charge is 2.44. The third-order valence-corrected chi connectivity index (χ3v) is 13.5. The molecule has 1 heterocycles. The summed E-state index contributed by atoms with van der Waals surface area (Å²) in [6, 6.07) is -0.717. The molecular weight excluding hydrogens is 827 g/mol. The first kappa shape index (κ1) is 62.4. The number of unbranched alkanes of at least 4 members (excludes halogenated alkanes) is 32. The highest BCUT2D eigenvalue weighted by Crippen LogP contribution is 2.23. The van der Waals surface area contributed by atoms with Crippen LogP contribution in [-0.4, -0.2) is 87.5 Å². The molecule has 0 aromatic heterocycles. The number of hydrogen-bond donors (Lipinski definition) is 6. The van der Waals surface area contributed by atoms with Gasteiger partial charge in [0.2, 0.25) is 5.91 Å². The van der Waals surface area contributed by atoms with Gasteiger partial charge in [0.15, 0.2) is 6.29 Å². The van der Waals surface area contributed by atoms with E-state index in [2.05, 4.69) is 55.6 Å². The van der Waals surface area contributed by atoms with Gasteiger partial charge in [0.05, 0.1) is 25.4 Å². The molecule has 1 fully saturated rings. The van der Waals surface area contributed by atoms with Crippen molar-refractivity contribution < 1.29 is 39.8 Å². The second-order valence-electron chi connectivity index (χ2n) is 19.7. The van der Waals surface area contributed by atoms with Gasteiger partial charge in [-0.25, -0.2) is 0 Å². The number of nitrogens with one attached hydrogen (secondary N) is 1. The van der Waals surface area contributed by atoms with Crippen LogP contribution >= 0.6 is 0 Å². The zero-order valence-corrected chi connectivity index (χ0v) is 43.0. The number of carbonyl (C=O) groups is 1. The smallest absolute Gasteiger partial charge is 0.220 e. The first-order chi connectivity index (χ1) is 32.3. The summed E-state index contributed by atoms with van der Waals surface area (Å²) in [6.45, 7) is 3.83. The number of aliphatic hydroxyl groups excluding tert-OH is 5. The fourth-order valence-corrected chi connectivity index (χ4v) is 8.99. The highest BCUT2D eigenvalue weighted by molar-refractivity contribution is 5.76. The van der Waals surface area contributed by atoms with Crippen LogP contribution in [0.15, 0.2) is 36.5 Å². The van der Waals surface area contributed by atoms with Gasteiger partial charge in [-0.1, -0.05) is 243 Å². The zero-order chi connectivity index (χ0) is 48.0. The van der Waals surface area contributed by atoms with Gasteiger partial charge in [0.25, 0.3) is 0 Å². The summed E-state index contributed by atoms with van der Waals surface area (Å²) < 4.78 is 11.3. The molecule has 1 rings (SSSR count). The summed E-state index contributed by atoms with van der Waals surface area (Å²) in [5, 5.41) is 54.5. The number of amides is 1. The summed E-state index contributed by atoms with van der Waals surface area (Å²) in [7, 11) is 0. The molecule has 1 aliphatic rings. The average Bonchev–Trinajstić information content (AvgIpc) is 3.32. The molecular formula is C57H107NO8. The van der Waals surface area contributed by atoms with Crippen molar-refractivity contribution in [2.24, 2.45) is 0 Å². The lowest BCUT2D eigenvalue weighted by Gasteiger charge is -2.40. The molecule has 7 atom stereocenters. The summed E-state index contributed by atoms with van der Waals surface area (Å²) in [5.41, 5.74) is 0. The number of carbonyl (C=O) groups excluding carboxylic acids is 1. The normalized spacial score (nSPS) is 20.0. The van der Waals surface area contributed by atoms with E-state index in [0.29, 0.717) is 12.8 Å². The lowest BCUT2D eigenvalue weighted by molar-refractivity contribution is -0.302. The van der Waals surface area contributed by atoms with Crippen LogP contribution in [0.5, 0.6) is 0 Å². The molecule has 66 heavy (non-hydrogen) atoms. The monoisotopic (exact) mass is 934 g/mol. The first-order valence-corrected chi connectivity index (χ1v) is 28.2. The van der Waals surface area contributed by atoms with Crippen LogP contribution in [0.3, 0.4) is 0 Å². The molecule has 1 saturated heterocycles. The molecule has 0 aliphatic carbocycles. The molecule has 0 saturated carbocycles. The van der Waals surface area contributed by atoms with Crippen LogP contribution in [-0.2, 0) is 14.3 Å². The van der Waals surface area contributed by atoms with Gasteiger partial charge >= 0.3 is 0 Å². The maximum Gasteiger partial charge on any atom is 0.220 e. The van der Waals surface area contributed by atoms with Crippen molar-refractivity contribution in [3.63, 3.8) is 0 Å². The van der Waals surface area contributed by atoms with Gasteiger partial charge in [0.1, 0.15) is 24.4 Å². The van der Waals surface area contributed by atoms with Crippen LogP contribution in [0, 0.1) is 0 Å². The zero-order valence-electron chi connectivity index (χ0n) is 43.0. The molecule has 9 heteroatoms. The summed E-state index contributed by atoms with van der Waals surface area (Å²) in [6.07, 6.45) is 53.2. The van der Waals surface area contributed by atoms with Crippen LogP contribution in [0.2, 0.25) is 0 Å². The molecule has 0 radical (unpaired) electrons. The molecule has 1 aliphatic heterocycles. The Morgan fingerprint density at radius 2 is 0.894 bits per heavy atom. The van der Waals surface area contributed by atoms with E-state index >= 15 is 0 Å². The maximum absolute atomic E-state index is 13.0. The molecule has 6 N–H and O–H groups in total. The van der Waals surface area contributed by atoms with Gasteiger partial charge in [0, 0.05) is 6.42 Å². The second-order valence-corrected chi connectivity index (χ2v) is 19.7. The Labute approximate surface area is 406 Å². The van der Waals surface area contributed by atoms with Crippen LogP contribution in [0.4, 0.5) is 0 Å². The summed E-state index contributed by atoms with van der Waals surface area (Å²) in [4.78, 5) is 13.0. The van der Waals surface area contributed by atoms with E-state index in [1.807, 2.05) is 0 Å². The topological polar surface area (TPSA) is 149 Å². The summed E-state index contributed by atoms with van der Waals surface area (Å²) >= 11 is 0. The third-order valence-electron chi connectivity index (χ3n) is 13.5. The van der Waals surface area contributed by atoms with E-state index in [1.54, 1.807) is 0 Å². The second kappa shape index (κ2) is 47.1. The Bertz CT molecular complexity index is 1130. The van der Waals surface area contributed by atoms with E-state index in [0.717, 1.165) is 51.4 Å². The average molecular weight is 934 g/mol. The molecule has 0 aromatic rings.